The van der Waals surface area contributed by atoms with E-state index in [1.807, 2.05) is 0 Å². The number of hydrogen-bond donors (Lipinski definition) is 0. The maximum absolute atomic E-state index is 12.1. The van der Waals surface area contributed by atoms with Crippen LogP contribution in [0.5, 0.6) is 0 Å². The fraction of sp³-hybridized carbons (Fsp3) is 0.429. The number of nitriles is 1. The highest BCUT2D eigenvalue weighted by atomic mass is 19.4. The first kappa shape index (κ1) is 9.58. The molecule has 0 aliphatic heterocycles. The second-order valence-electron chi connectivity index (χ2n) is 2.51. The van der Waals surface area contributed by atoms with E-state index in [0.29, 0.717) is 0 Å². The zero-order chi connectivity index (χ0) is 10.1. The molecule has 0 spiro atoms. The van der Waals surface area contributed by atoms with E-state index in [0.717, 1.165) is 4.68 Å². The molecule has 3 nitrogen and oxygen atoms in total. The smallest absolute Gasteiger partial charge is 0.258 e. The molecule has 1 heterocycles. The minimum atomic E-state index is -4.44. The van der Waals surface area contributed by atoms with Crippen LogP contribution in [0.15, 0.2) is 6.20 Å². The highest BCUT2D eigenvalue weighted by molar-refractivity contribution is 5.17. The molecule has 0 unspecified atom stereocenters. The zero-order valence-electron chi connectivity index (χ0n) is 6.76. The Bertz CT molecular complexity index is 345. The van der Waals surface area contributed by atoms with Crippen molar-refractivity contribution in [1.82, 2.24) is 9.78 Å². The lowest BCUT2D eigenvalue weighted by molar-refractivity contribution is -0.141. The van der Waals surface area contributed by atoms with Crippen LogP contribution in [0, 0.1) is 18.3 Å². The molecule has 0 atom stereocenters. The van der Waals surface area contributed by atoms with Crippen molar-refractivity contribution < 1.29 is 13.2 Å². The van der Waals surface area contributed by atoms with E-state index >= 15 is 0 Å². The first-order valence-corrected chi connectivity index (χ1v) is 3.43. The lowest BCUT2D eigenvalue weighted by Gasteiger charge is -2.01. The normalized spacial score (nSPS) is 11.3. The largest absolute Gasteiger partial charge is 0.435 e. The fourth-order valence-corrected chi connectivity index (χ4v) is 0.955. The zero-order valence-corrected chi connectivity index (χ0v) is 6.76. The molecule has 0 saturated carbocycles. The molecule has 13 heavy (non-hydrogen) atoms. The van der Waals surface area contributed by atoms with E-state index < -0.39 is 11.9 Å². The summed E-state index contributed by atoms with van der Waals surface area (Å²) in [4.78, 5) is 0. The van der Waals surface area contributed by atoms with Gasteiger partial charge in [-0.3, -0.25) is 4.68 Å². The maximum Gasteiger partial charge on any atom is 0.435 e. The standard InChI is InChI=1S/C7H6F3N3/c1-5-4-13(3-2-11)12-6(5)7(8,9)10/h4H,3H2,1H3. The molecule has 0 aliphatic carbocycles. The Kier molecular flexibility index (Phi) is 2.28. The average Bonchev–Trinajstić information content (AvgIpc) is 2.30. The van der Waals surface area contributed by atoms with Gasteiger partial charge < -0.3 is 0 Å². The van der Waals surface area contributed by atoms with Gasteiger partial charge in [-0.2, -0.15) is 23.5 Å². The van der Waals surface area contributed by atoms with Crippen LogP contribution in [0.25, 0.3) is 0 Å². The monoisotopic (exact) mass is 189 g/mol. The number of halogens is 3. The molecule has 0 N–H and O–H groups in total. The molecule has 70 valence electrons. The third kappa shape index (κ3) is 1.99. The Morgan fingerprint density at radius 1 is 1.62 bits per heavy atom. The average molecular weight is 189 g/mol. The molecule has 0 fully saturated rings. The van der Waals surface area contributed by atoms with Crippen molar-refractivity contribution >= 4 is 0 Å². The Labute approximate surface area is 72.4 Å². The summed E-state index contributed by atoms with van der Waals surface area (Å²) in [6, 6.07) is 1.71. The number of hydrogen-bond acceptors (Lipinski definition) is 2. The van der Waals surface area contributed by atoms with Gasteiger partial charge in [0.15, 0.2) is 5.69 Å². The van der Waals surface area contributed by atoms with Crippen LogP contribution in [-0.2, 0) is 12.7 Å². The lowest BCUT2D eigenvalue weighted by Crippen LogP contribution is -2.08. The summed E-state index contributed by atoms with van der Waals surface area (Å²) < 4.78 is 37.4. The van der Waals surface area contributed by atoms with Gasteiger partial charge in [-0.25, -0.2) is 0 Å². The van der Waals surface area contributed by atoms with E-state index in [2.05, 4.69) is 5.10 Å². The van der Waals surface area contributed by atoms with Gasteiger partial charge in [0.05, 0.1) is 6.07 Å². The Morgan fingerprint density at radius 3 is 2.62 bits per heavy atom. The summed E-state index contributed by atoms with van der Waals surface area (Å²) in [5.74, 6) is 0. The number of aryl methyl sites for hydroxylation is 1. The van der Waals surface area contributed by atoms with E-state index in [4.69, 9.17) is 5.26 Å². The maximum atomic E-state index is 12.1. The van der Waals surface area contributed by atoms with Crippen LogP contribution in [0.3, 0.4) is 0 Å². The molecular weight excluding hydrogens is 183 g/mol. The van der Waals surface area contributed by atoms with Gasteiger partial charge >= 0.3 is 6.18 Å². The molecule has 0 radical (unpaired) electrons. The molecule has 6 heteroatoms. The van der Waals surface area contributed by atoms with Crippen LogP contribution in [-0.4, -0.2) is 9.78 Å². The van der Waals surface area contributed by atoms with Gasteiger partial charge in [0.25, 0.3) is 0 Å². The second kappa shape index (κ2) is 3.09. The van der Waals surface area contributed by atoms with Gasteiger partial charge in [-0.1, -0.05) is 0 Å². The minimum Gasteiger partial charge on any atom is -0.258 e. The van der Waals surface area contributed by atoms with Crippen molar-refractivity contribution in [3.05, 3.63) is 17.5 Å². The first-order valence-electron chi connectivity index (χ1n) is 3.43. The van der Waals surface area contributed by atoms with Gasteiger partial charge in [0, 0.05) is 6.20 Å². The Balaban J connectivity index is 3.05. The van der Waals surface area contributed by atoms with Gasteiger partial charge in [-0.15, -0.1) is 0 Å². The number of nitrogens with zero attached hydrogens (tertiary/aromatic N) is 3. The van der Waals surface area contributed by atoms with Crippen molar-refractivity contribution in [2.75, 3.05) is 0 Å². The van der Waals surface area contributed by atoms with Gasteiger partial charge in [0.1, 0.15) is 6.54 Å². The van der Waals surface area contributed by atoms with Crippen molar-refractivity contribution in [1.29, 1.82) is 5.26 Å². The Hall–Kier alpha value is -1.51. The summed E-state index contributed by atoms with van der Waals surface area (Å²) in [5, 5.41) is 11.5. The summed E-state index contributed by atoms with van der Waals surface area (Å²) in [7, 11) is 0. The van der Waals surface area contributed by atoms with Crippen LogP contribution >= 0.6 is 0 Å². The van der Waals surface area contributed by atoms with Crippen LogP contribution in [0.2, 0.25) is 0 Å². The third-order valence-corrected chi connectivity index (χ3v) is 1.45. The van der Waals surface area contributed by atoms with Crippen LogP contribution in [0.1, 0.15) is 11.3 Å². The number of alkyl halides is 3. The van der Waals surface area contributed by atoms with E-state index in [1.54, 1.807) is 6.07 Å². The Morgan fingerprint density at radius 2 is 2.23 bits per heavy atom. The SMILES string of the molecule is Cc1cn(CC#N)nc1C(F)(F)F. The topological polar surface area (TPSA) is 41.6 Å². The molecule has 1 aromatic heterocycles. The summed E-state index contributed by atoms with van der Waals surface area (Å²) in [5.41, 5.74) is -0.898. The molecule has 0 aliphatic rings. The summed E-state index contributed by atoms with van der Waals surface area (Å²) >= 11 is 0. The third-order valence-electron chi connectivity index (χ3n) is 1.45. The first-order chi connectivity index (χ1) is 5.95. The van der Waals surface area contributed by atoms with Crippen LogP contribution in [0.4, 0.5) is 13.2 Å². The lowest BCUT2D eigenvalue weighted by atomic mass is 10.3. The highest BCUT2D eigenvalue weighted by Gasteiger charge is 2.35. The quantitative estimate of drug-likeness (QED) is 0.675. The molecule has 0 aromatic carbocycles. The predicted molar refractivity (Wildman–Crippen MR) is 37.6 cm³/mol. The van der Waals surface area contributed by atoms with Crippen molar-refractivity contribution in [3.8, 4) is 6.07 Å². The van der Waals surface area contributed by atoms with Crippen molar-refractivity contribution in [2.45, 2.75) is 19.6 Å². The van der Waals surface area contributed by atoms with Crippen LogP contribution < -0.4 is 0 Å². The summed E-state index contributed by atoms with van der Waals surface area (Å²) in [6.07, 6.45) is -3.24. The molecular formula is C7H6F3N3. The number of aromatic nitrogens is 2. The van der Waals surface area contributed by atoms with Gasteiger partial charge in [-0.05, 0) is 12.5 Å². The highest BCUT2D eigenvalue weighted by Crippen LogP contribution is 2.29. The van der Waals surface area contributed by atoms with Gasteiger partial charge in [0.2, 0.25) is 0 Å². The fourth-order valence-electron chi connectivity index (χ4n) is 0.955. The van der Waals surface area contributed by atoms with E-state index in [-0.39, 0.29) is 12.1 Å². The number of rotatable bonds is 1. The summed E-state index contributed by atoms with van der Waals surface area (Å²) in [6.45, 7) is 1.14. The molecule has 1 aromatic rings. The predicted octanol–water partition coefficient (Wildman–Crippen LogP) is 1.73. The van der Waals surface area contributed by atoms with Crippen molar-refractivity contribution in [2.24, 2.45) is 0 Å². The second-order valence-corrected chi connectivity index (χ2v) is 2.51. The molecule has 1 rings (SSSR count). The van der Waals surface area contributed by atoms with Crippen molar-refractivity contribution in [3.63, 3.8) is 0 Å². The molecule has 0 bridgehead atoms. The minimum absolute atomic E-state index is 0.0303. The van der Waals surface area contributed by atoms with E-state index in [1.165, 1.54) is 13.1 Å². The molecule has 0 saturated heterocycles. The van der Waals surface area contributed by atoms with E-state index in [9.17, 15) is 13.2 Å². The molecule has 0 amide bonds.